The van der Waals surface area contributed by atoms with Gasteiger partial charge in [0.15, 0.2) is 5.11 Å². The van der Waals surface area contributed by atoms with E-state index in [4.69, 9.17) is 12.2 Å². The average molecular weight is 281 g/mol. The summed E-state index contributed by atoms with van der Waals surface area (Å²) in [6.07, 6.45) is 2.05. The molecule has 0 atom stereocenters. The molecule has 5 heteroatoms. The molecule has 1 aromatic rings. The van der Waals surface area contributed by atoms with Crippen LogP contribution in [0.3, 0.4) is 0 Å². The van der Waals surface area contributed by atoms with E-state index < -0.39 is 0 Å². The highest BCUT2D eigenvalue weighted by atomic mass is 32.1. The molecule has 0 unspecified atom stereocenters. The number of benzene rings is 1. The molecule has 0 heterocycles. The molecule has 1 rings (SSSR count). The van der Waals surface area contributed by atoms with E-state index in [0.717, 1.165) is 24.2 Å². The zero-order chi connectivity index (χ0) is 14.3. The largest absolute Gasteiger partial charge is 0.331 e. The van der Waals surface area contributed by atoms with E-state index >= 15 is 0 Å². The van der Waals surface area contributed by atoms with Crippen molar-refractivity contribution in [2.24, 2.45) is 11.0 Å². The van der Waals surface area contributed by atoms with Crippen LogP contribution in [0.2, 0.25) is 0 Å². The Kier molecular flexibility index (Phi) is 6.42. The van der Waals surface area contributed by atoms with Gasteiger partial charge in [-0.3, -0.25) is 5.43 Å². The number of halogens is 1. The summed E-state index contributed by atoms with van der Waals surface area (Å²) in [4.78, 5) is 0. The molecular formula is C14H20FN3S. The standard InChI is InChI=1S/C14H20FN3S/c1-10(2)4-5-11(3)17-18-14(19)16-13-8-6-12(15)7-9-13/h6-10H,4-5H2,1-3H3,(H2,16,18,19)/b17-11-. The first kappa shape index (κ1) is 15.6. The van der Waals surface area contributed by atoms with Gasteiger partial charge in [-0.05, 0) is 62.2 Å². The molecule has 0 aromatic heterocycles. The van der Waals surface area contributed by atoms with E-state index in [1.54, 1.807) is 12.1 Å². The smallest absolute Gasteiger partial charge is 0.191 e. The highest BCUT2D eigenvalue weighted by Crippen LogP contribution is 2.08. The van der Waals surface area contributed by atoms with E-state index in [2.05, 4.69) is 29.7 Å². The molecule has 0 aliphatic rings. The topological polar surface area (TPSA) is 36.4 Å². The van der Waals surface area contributed by atoms with Crippen LogP contribution in [0.25, 0.3) is 0 Å². The molecule has 19 heavy (non-hydrogen) atoms. The maximum absolute atomic E-state index is 12.7. The zero-order valence-electron chi connectivity index (χ0n) is 11.5. The lowest BCUT2D eigenvalue weighted by Crippen LogP contribution is -2.24. The van der Waals surface area contributed by atoms with Crippen molar-refractivity contribution in [1.29, 1.82) is 0 Å². The lowest BCUT2D eigenvalue weighted by atomic mass is 10.1. The molecule has 0 aliphatic heterocycles. The number of nitrogens with one attached hydrogen (secondary N) is 2. The van der Waals surface area contributed by atoms with E-state index in [0.29, 0.717) is 11.0 Å². The van der Waals surface area contributed by atoms with Gasteiger partial charge >= 0.3 is 0 Å². The molecule has 0 radical (unpaired) electrons. The summed E-state index contributed by atoms with van der Waals surface area (Å²) in [5.41, 5.74) is 4.53. The summed E-state index contributed by atoms with van der Waals surface area (Å²) in [7, 11) is 0. The minimum absolute atomic E-state index is 0.271. The summed E-state index contributed by atoms with van der Waals surface area (Å²) in [5, 5.41) is 7.53. The first-order chi connectivity index (χ1) is 8.97. The molecule has 0 spiro atoms. The second-order valence-corrected chi connectivity index (χ2v) is 5.26. The fraction of sp³-hybridized carbons (Fsp3) is 0.429. The van der Waals surface area contributed by atoms with Gasteiger partial charge in [-0.15, -0.1) is 0 Å². The van der Waals surface area contributed by atoms with E-state index in [-0.39, 0.29) is 5.82 Å². The van der Waals surface area contributed by atoms with Crippen molar-refractivity contribution in [3.8, 4) is 0 Å². The third kappa shape index (κ3) is 6.86. The molecule has 0 bridgehead atoms. The van der Waals surface area contributed by atoms with Gasteiger partial charge in [-0.25, -0.2) is 4.39 Å². The Morgan fingerprint density at radius 2 is 1.95 bits per heavy atom. The summed E-state index contributed by atoms with van der Waals surface area (Å²) in [6.45, 7) is 6.33. The lowest BCUT2D eigenvalue weighted by Gasteiger charge is -2.08. The first-order valence-electron chi connectivity index (χ1n) is 6.33. The maximum Gasteiger partial charge on any atom is 0.191 e. The Balaban J connectivity index is 2.38. The van der Waals surface area contributed by atoms with Crippen molar-refractivity contribution in [2.45, 2.75) is 33.6 Å². The second-order valence-electron chi connectivity index (χ2n) is 4.85. The van der Waals surface area contributed by atoms with Gasteiger partial charge in [0.1, 0.15) is 5.82 Å². The predicted molar refractivity (Wildman–Crippen MR) is 82.9 cm³/mol. The van der Waals surface area contributed by atoms with Crippen molar-refractivity contribution in [2.75, 3.05) is 5.32 Å². The first-order valence-corrected chi connectivity index (χ1v) is 6.74. The van der Waals surface area contributed by atoms with Crippen LogP contribution in [-0.2, 0) is 0 Å². The van der Waals surface area contributed by atoms with Crippen molar-refractivity contribution < 1.29 is 4.39 Å². The molecular weight excluding hydrogens is 261 g/mol. The fourth-order valence-corrected chi connectivity index (χ4v) is 1.56. The minimum atomic E-state index is -0.271. The summed E-state index contributed by atoms with van der Waals surface area (Å²) in [5.74, 6) is 0.390. The normalized spacial score (nSPS) is 11.5. The van der Waals surface area contributed by atoms with Crippen molar-refractivity contribution in [3.05, 3.63) is 30.1 Å². The number of hydrogen-bond donors (Lipinski definition) is 2. The highest BCUT2D eigenvalue weighted by Gasteiger charge is 1.99. The van der Waals surface area contributed by atoms with Gasteiger partial charge in [0.25, 0.3) is 0 Å². The molecule has 1 aromatic carbocycles. The molecule has 0 amide bonds. The van der Waals surface area contributed by atoms with Crippen LogP contribution in [0.5, 0.6) is 0 Å². The highest BCUT2D eigenvalue weighted by molar-refractivity contribution is 7.80. The SMILES string of the molecule is C/C(CCC(C)C)=N/NC(=S)Nc1ccc(F)cc1. The van der Waals surface area contributed by atoms with E-state index in [9.17, 15) is 4.39 Å². The number of hydrogen-bond acceptors (Lipinski definition) is 2. The van der Waals surface area contributed by atoms with Gasteiger partial charge in [-0.1, -0.05) is 13.8 Å². The molecule has 2 N–H and O–H groups in total. The molecule has 3 nitrogen and oxygen atoms in total. The fourth-order valence-electron chi connectivity index (χ4n) is 1.39. The van der Waals surface area contributed by atoms with Crippen LogP contribution < -0.4 is 10.7 Å². The lowest BCUT2D eigenvalue weighted by molar-refractivity contribution is 0.602. The average Bonchev–Trinajstić information content (AvgIpc) is 2.36. The number of nitrogens with zero attached hydrogens (tertiary/aromatic N) is 1. The van der Waals surface area contributed by atoms with Gasteiger partial charge < -0.3 is 5.32 Å². The molecule has 0 saturated heterocycles. The van der Waals surface area contributed by atoms with Gasteiger partial charge in [0.05, 0.1) is 0 Å². The molecule has 0 fully saturated rings. The third-order valence-electron chi connectivity index (χ3n) is 2.53. The Hall–Kier alpha value is -1.49. The van der Waals surface area contributed by atoms with Crippen LogP contribution in [0.4, 0.5) is 10.1 Å². The number of anilines is 1. The maximum atomic E-state index is 12.7. The Labute approximate surface area is 119 Å². The Morgan fingerprint density at radius 3 is 2.53 bits per heavy atom. The summed E-state index contributed by atoms with van der Waals surface area (Å²) in [6, 6.07) is 6.00. The van der Waals surface area contributed by atoms with E-state index in [1.807, 2.05) is 6.92 Å². The minimum Gasteiger partial charge on any atom is -0.331 e. The third-order valence-corrected chi connectivity index (χ3v) is 2.73. The summed E-state index contributed by atoms with van der Waals surface area (Å²) >= 11 is 5.10. The monoisotopic (exact) mass is 281 g/mol. The van der Waals surface area contributed by atoms with Gasteiger partial charge in [0, 0.05) is 11.4 Å². The number of thiocarbonyl (C=S) groups is 1. The van der Waals surface area contributed by atoms with Gasteiger partial charge in [0.2, 0.25) is 0 Å². The van der Waals surface area contributed by atoms with Crippen LogP contribution in [-0.4, -0.2) is 10.8 Å². The Bertz CT molecular complexity index is 441. The molecule has 0 aliphatic carbocycles. The van der Waals surface area contributed by atoms with Crippen molar-refractivity contribution in [3.63, 3.8) is 0 Å². The van der Waals surface area contributed by atoms with E-state index in [1.165, 1.54) is 12.1 Å². The quantitative estimate of drug-likeness (QED) is 0.488. The van der Waals surface area contributed by atoms with Gasteiger partial charge in [-0.2, -0.15) is 5.10 Å². The van der Waals surface area contributed by atoms with Crippen LogP contribution in [0.1, 0.15) is 33.6 Å². The zero-order valence-corrected chi connectivity index (χ0v) is 12.4. The number of rotatable bonds is 5. The van der Waals surface area contributed by atoms with Crippen molar-refractivity contribution in [1.82, 2.24) is 5.43 Å². The van der Waals surface area contributed by atoms with Crippen LogP contribution in [0.15, 0.2) is 29.4 Å². The Morgan fingerprint density at radius 1 is 1.32 bits per heavy atom. The summed E-state index contributed by atoms with van der Waals surface area (Å²) < 4.78 is 12.7. The molecule has 0 saturated carbocycles. The molecule has 104 valence electrons. The van der Waals surface area contributed by atoms with Crippen LogP contribution >= 0.6 is 12.2 Å². The second kappa shape index (κ2) is 7.84. The predicted octanol–water partition coefficient (Wildman–Crippen LogP) is 3.92. The van der Waals surface area contributed by atoms with Crippen LogP contribution in [0, 0.1) is 11.7 Å². The number of hydrazone groups is 1. The van der Waals surface area contributed by atoms with Crippen molar-refractivity contribution >= 4 is 28.7 Å².